The first kappa shape index (κ1) is 14.2. The third kappa shape index (κ3) is 3.61. The number of rotatable bonds is 5. The molecule has 0 bridgehead atoms. The fraction of sp³-hybridized carbons (Fsp3) is 0.467. The van der Waals surface area contributed by atoms with E-state index in [9.17, 15) is 0 Å². The summed E-state index contributed by atoms with van der Waals surface area (Å²) in [6.45, 7) is 7.53. The van der Waals surface area contributed by atoms with Crippen molar-refractivity contribution in [1.82, 2.24) is 14.9 Å². The highest BCUT2D eigenvalue weighted by Crippen LogP contribution is 2.25. The molecule has 2 rings (SSSR count). The van der Waals surface area contributed by atoms with Crippen LogP contribution in [0.5, 0.6) is 0 Å². The molecule has 19 heavy (non-hydrogen) atoms. The summed E-state index contributed by atoms with van der Waals surface area (Å²) in [5.74, 6) is 0.515. The highest BCUT2D eigenvalue weighted by atomic mass is 32.1. The predicted molar refractivity (Wildman–Crippen MR) is 80.3 cm³/mol. The highest BCUT2D eigenvalue weighted by Gasteiger charge is 2.13. The summed E-state index contributed by atoms with van der Waals surface area (Å²) in [5, 5.41) is 1.22. The van der Waals surface area contributed by atoms with Crippen molar-refractivity contribution in [3.63, 3.8) is 0 Å². The molecule has 0 aliphatic heterocycles. The lowest BCUT2D eigenvalue weighted by atomic mass is 10.1. The van der Waals surface area contributed by atoms with Crippen LogP contribution >= 0.6 is 11.3 Å². The Morgan fingerprint density at radius 3 is 2.47 bits per heavy atom. The summed E-state index contributed by atoms with van der Waals surface area (Å²) in [7, 11) is 2.15. The molecule has 0 saturated carbocycles. The Hall–Kier alpha value is -1.26. The molecule has 2 aromatic rings. The molecule has 1 atom stereocenters. The van der Waals surface area contributed by atoms with E-state index in [2.05, 4.69) is 54.8 Å². The van der Waals surface area contributed by atoms with E-state index in [4.69, 9.17) is 0 Å². The third-order valence-electron chi connectivity index (χ3n) is 3.32. The lowest BCUT2D eigenvalue weighted by Gasteiger charge is -2.24. The van der Waals surface area contributed by atoms with Crippen molar-refractivity contribution in [3.8, 4) is 0 Å². The van der Waals surface area contributed by atoms with Crippen molar-refractivity contribution in [3.05, 3.63) is 46.2 Å². The zero-order valence-electron chi connectivity index (χ0n) is 12.0. The van der Waals surface area contributed by atoms with E-state index >= 15 is 0 Å². The van der Waals surface area contributed by atoms with Gasteiger partial charge in [-0.05, 0) is 31.7 Å². The van der Waals surface area contributed by atoms with Crippen molar-refractivity contribution < 1.29 is 0 Å². The lowest BCUT2D eigenvalue weighted by molar-refractivity contribution is 0.255. The van der Waals surface area contributed by atoms with Crippen molar-refractivity contribution in [2.75, 3.05) is 7.05 Å². The monoisotopic (exact) mass is 275 g/mol. The summed E-state index contributed by atoms with van der Waals surface area (Å²) in [5.41, 5.74) is 1.30. The van der Waals surface area contributed by atoms with Crippen molar-refractivity contribution >= 4 is 11.3 Å². The Morgan fingerprint density at radius 1 is 1.21 bits per heavy atom. The SMILES string of the molecule is CC(C)c1ncc(CN(C)[C@H](C)c2ccncc2)s1. The largest absolute Gasteiger partial charge is 0.295 e. The first-order valence-corrected chi connectivity index (χ1v) is 7.44. The molecule has 0 unspecified atom stereocenters. The van der Waals surface area contributed by atoms with E-state index in [0.29, 0.717) is 12.0 Å². The van der Waals surface area contributed by atoms with E-state index in [-0.39, 0.29) is 0 Å². The molecular weight excluding hydrogens is 254 g/mol. The number of pyridine rings is 1. The molecule has 3 nitrogen and oxygen atoms in total. The van der Waals surface area contributed by atoms with Crippen LogP contribution in [-0.4, -0.2) is 21.9 Å². The highest BCUT2D eigenvalue weighted by molar-refractivity contribution is 7.11. The van der Waals surface area contributed by atoms with Crippen LogP contribution < -0.4 is 0 Å². The van der Waals surface area contributed by atoms with Gasteiger partial charge in [-0.3, -0.25) is 9.88 Å². The van der Waals surface area contributed by atoms with Gasteiger partial charge in [0.1, 0.15) is 0 Å². The minimum atomic E-state index is 0.382. The van der Waals surface area contributed by atoms with Crippen molar-refractivity contribution in [2.45, 2.75) is 39.3 Å². The molecule has 0 amide bonds. The average molecular weight is 275 g/mol. The number of hydrogen-bond acceptors (Lipinski definition) is 4. The lowest BCUT2D eigenvalue weighted by Crippen LogP contribution is -2.21. The van der Waals surface area contributed by atoms with Crippen LogP contribution in [0.25, 0.3) is 0 Å². The fourth-order valence-electron chi connectivity index (χ4n) is 1.94. The Balaban J connectivity index is 2.02. The summed E-state index contributed by atoms with van der Waals surface area (Å²) >= 11 is 1.82. The summed E-state index contributed by atoms with van der Waals surface area (Å²) < 4.78 is 0. The molecule has 0 fully saturated rings. The molecule has 2 heterocycles. The van der Waals surface area contributed by atoms with Gasteiger partial charge < -0.3 is 0 Å². The van der Waals surface area contributed by atoms with Gasteiger partial charge >= 0.3 is 0 Å². The smallest absolute Gasteiger partial charge is 0.0953 e. The van der Waals surface area contributed by atoms with Crippen LogP contribution in [0, 0.1) is 0 Å². The first-order chi connectivity index (χ1) is 9.08. The molecule has 102 valence electrons. The quantitative estimate of drug-likeness (QED) is 0.830. The topological polar surface area (TPSA) is 29.0 Å². The number of nitrogens with zero attached hydrogens (tertiary/aromatic N) is 3. The van der Waals surface area contributed by atoms with Crippen molar-refractivity contribution in [2.24, 2.45) is 0 Å². The Kier molecular flexibility index (Phi) is 4.66. The molecule has 0 aromatic carbocycles. The van der Waals surface area contributed by atoms with Crippen molar-refractivity contribution in [1.29, 1.82) is 0 Å². The van der Waals surface area contributed by atoms with Crippen LogP contribution in [0.1, 0.15) is 48.2 Å². The molecule has 4 heteroatoms. The van der Waals surface area contributed by atoms with Crippen LogP contribution in [0.4, 0.5) is 0 Å². The number of aromatic nitrogens is 2. The average Bonchev–Trinajstić information content (AvgIpc) is 2.87. The fourth-order valence-corrected chi connectivity index (χ4v) is 2.93. The van der Waals surface area contributed by atoms with Gasteiger partial charge in [-0.1, -0.05) is 13.8 Å². The van der Waals surface area contributed by atoms with Gasteiger partial charge in [0, 0.05) is 42.0 Å². The Labute approximate surface area is 119 Å². The van der Waals surface area contributed by atoms with Gasteiger partial charge in [0.2, 0.25) is 0 Å². The van der Waals surface area contributed by atoms with Gasteiger partial charge in [-0.15, -0.1) is 11.3 Å². The van der Waals surface area contributed by atoms with E-state index in [0.717, 1.165) is 6.54 Å². The molecule has 0 radical (unpaired) electrons. The molecule has 2 aromatic heterocycles. The van der Waals surface area contributed by atoms with Crippen LogP contribution in [0.3, 0.4) is 0 Å². The van der Waals surface area contributed by atoms with Crippen LogP contribution in [0.2, 0.25) is 0 Å². The van der Waals surface area contributed by atoms with Gasteiger partial charge in [0.15, 0.2) is 0 Å². The second kappa shape index (κ2) is 6.26. The first-order valence-electron chi connectivity index (χ1n) is 6.62. The van der Waals surface area contributed by atoms with Crippen LogP contribution in [-0.2, 0) is 6.54 Å². The predicted octanol–water partition coefficient (Wildman–Crippen LogP) is 3.85. The Morgan fingerprint density at radius 2 is 1.89 bits per heavy atom. The summed E-state index contributed by atoms with van der Waals surface area (Å²) in [6.07, 6.45) is 5.71. The van der Waals surface area contributed by atoms with Gasteiger partial charge in [-0.25, -0.2) is 4.98 Å². The molecule has 0 spiro atoms. The molecule has 0 N–H and O–H groups in total. The maximum atomic E-state index is 4.48. The van der Waals surface area contributed by atoms with E-state index in [1.807, 2.05) is 29.9 Å². The molecule has 0 saturated heterocycles. The molecular formula is C15H21N3S. The minimum Gasteiger partial charge on any atom is -0.295 e. The minimum absolute atomic E-state index is 0.382. The second-order valence-electron chi connectivity index (χ2n) is 5.19. The maximum Gasteiger partial charge on any atom is 0.0953 e. The molecule has 0 aliphatic rings. The number of hydrogen-bond donors (Lipinski definition) is 0. The van der Waals surface area contributed by atoms with Gasteiger partial charge in [0.25, 0.3) is 0 Å². The van der Waals surface area contributed by atoms with Crippen LogP contribution in [0.15, 0.2) is 30.7 Å². The van der Waals surface area contributed by atoms with E-state index in [1.54, 1.807) is 0 Å². The Bertz CT molecular complexity index is 507. The van der Waals surface area contributed by atoms with E-state index in [1.165, 1.54) is 15.4 Å². The standard InChI is InChI=1S/C15H21N3S/c1-11(2)15-17-9-14(19-15)10-18(4)12(3)13-5-7-16-8-6-13/h5-9,11-12H,10H2,1-4H3/t12-/m1/s1. The zero-order chi connectivity index (χ0) is 13.8. The number of thiazole rings is 1. The second-order valence-corrected chi connectivity index (χ2v) is 6.34. The summed E-state index contributed by atoms with van der Waals surface area (Å²) in [4.78, 5) is 12.2. The normalized spacial score (nSPS) is 13.2. The van der Waals surface area contributed by atoms with Gasteiger partial charge in [-0.2, -0.15) is 0 Å². The molecule has 0 aliphatic carbocycles. The maximum absolute atomic E-state index is 4.48. The van der Waals surface area contributed by atoms with Gasteiger partial charge in [0.05, 0.1) is 5.01 Å². The summed E-state index contributed by atoms with van der Waals surface area (Å²) in [6, 6.07) is 4.54. The van der Waals surface area contributed by atoms with E-state index < -0.39 is 0 Å². The zero-order valence-corrected chi connectivity index (χ0v) is 12.8. The third-order valence-corrected chi connectivity index (χ3v) is 4.60.